The van der Waals surface area contributed by atoms with Crippen LogP contribution in [-0.4, -0.2) is 51.1 Å². The van der Waals surface area contributed by atoms with Crippen molar-refractivity contribution in [3.63, 3.8) is 0 Å². The monoisotopic (exact) mass is 1150 g/mol. The normalized spacial score (nSPS) is 10.2. The molecule has 0 spiro atoms. The lowest BCUT2D eigenvalue weighted by molar-refractivity contribution is 0.456. The Morgan fingerprint density at radius 1 is 0.333 bits per heavy atom. The average molecular weight is 1150 g/mol. The molecular weight excluding hydrogens is 1080 g/mol. The first-order valence-corrected chi connectivity index (χ1v) is 27.7. The molecule has 0 aliphatic heterocycles. The molecule has 10 aromatic rings. The minimum atomic E-state index is 0. The summed E-state index contributed by atoms with van der Waals surface area (Å²) in [6, 6.07) is 60.4. The Morgan fingerprint density at radius 2 is 0.702 bits per heavy atom. The van der Waals surface area contributed by atoms with Gasteiger partial charge in [0.15, 0.2) is 0 Å². The van der Waals surface area contributed by atoms with E-state index in [2.05, 4.69) is 32.0 Å². The van der Waals surface area contributed by atoms with E-state index < -0.39 is 0 Å². The standard InChI is InChI=1S/C21H28O2.C13H12O3.C12H10O3.C12H10O2S.C12H10O2.CH4/c1-5-7-17-13-19(14(3)10-20(17)22)12-16-9-15(4)21(23)18(11-16)8-6-2;1-9-8-11(15)4-7-13(9)16-12-5-2-10(14)3-6-12;2*13-9-1-5-11(6-2-9)15-12-7-3-10(14)4-8-12;13-11-5-1-9(2-6-11)10-3-7-12(14)8-4-10;/h9-11,13,22-23H,5-8,12H2,1-4H3;2-8,14-15H,1H3;2*1-8,13-14H;1-8,13-14H;1H4. The molecule has 0 aliphatic rings. The molecule has 10 N–H and O–H groups in total. The van der Waals surface area contributed by atoms with E-state index in [-0.39, 0.29) is 53.4 Å². The highest BCUT2D eigenvalue weighted by Gasteiger charge is 2.11. The van der Waals surface area contributed by atoms with E-state index >= 15 is 0 Å². The second kappa shape index (κ2) is 32.6. The van der Waals surface area contributed by atoms with Crippen molar-refractivity contribution in [2.45, 2.75) is 83.9 Å². The lowest BCUT2D eigenvalue weighted by Crippen LogP contribution is -1.98. The highest BCUT2D eigenvalue weighted by Crippen LogP contribution is 2.33. The van der Waals surface area contributed by atoms with Crippen molar-refractivity contribution in [3.05, 3.63) is 251 Å². The number of aryl methyl sites for hydroxylation is 5. The fourth-order valence-electron chi connectivity index (χ4n) is 8.19. The molecule has 10 rings (SSSR count). The molecule has 0 fully saturated rings. The molecule has 0 aliphatic carbocycles. The van der Waals surface area contributed by atoms with Crippen LogP contribution in [0.15, 0.2) is 222 Å². The summed E-state index contributed by atoms with van der Waals surface area (Å²) in [6.45, 7) is 10.1. The Kier molecular flexibility index (Phi) is 25.2. The third kappa shape index (κ3) is 21.2. The van der Waals surface area contributed by atoms with Gasteiger partial charge in [0, 0.05) is 9.79 Å². The average Bonchev–Trinajstić information content (AvgIpc) is 3.58. The molecule has 12 nitrogen and oxygen atoms in total. The van der Waals surface area contributed by atoms with Crippen LogP contribution < -0.4 is 9.47 Å². The summed E-state index contributed by atoms with van der Waals surface area (Å²) in [5.41, 5.74) is 9.48. The zero-order chi connectivity index (χ0) is 59.8. The van der Waals surface area contributed by atoms with Crippen LogP contribution in [0.4, 0.5) is 0 Å². The van der Waals surface area contributed by atoms with E-state index in [1.165, 1.54) is 11.1 Å². The SMILES string of the molecule is C.CCCc1cc(Cc2cc(C)c(O)c(CCC)c2)c(C)cc1O.Cc1cc(O)ccc1Oc1ccc(O)cc1.Oc1ccc(-c2ccc(O)cc2)cc1.Oc1ccc(Oc2ccc(O)cc2)cc1.Oc1ccc(Sc2ccc(O)cc2)cc1. The van der Waals surface area contributed by atoms with Crippen molar-refractivity contribution in [1.82, 2.24) is 0 Å². The Labute approximate surface area is 496 Å². The van der Waals surface area contributed by atoms with Crippen molar-refractivity contribution in [2.24, 2.45) is 0 Å². The summed E-state index contributed by atoms with van der Waals surface area (Å²) in [7, 11) is 0. The van der Waals surface area contributed by atoms with Crippen molar-refractivity contribution >= 4 is 11.8 Å². The Morgan fingerprint density at radius 3 is 1.11 bits per heavy atom. The molecule has 0 atom stereocenters. The molecule has 0 unspecified atom stereocenters. The van der Waals surface area contributed by atoms with Crippen LogP contribution in [-0.2, 0) is 19.3 Å². The molecule has 0 saturated heterocycles. The number of aromatic hydroxyl groups is 10. The number of hydrogen-bond donors (Lipinski definition) is 10. The summed E-state index contributed by atoms with van der Waals surface area (Å²) in [5, 5.41) is 93.2. The van der Waals surface area contributed by atoms with E-state index in [9.17, 15) is 15.3 Å². The van der Waals surface area contributed by atoms with Gasteiger partial charge >= 0.3 is 0 Å². The summed E-state index contributed by atoms with van der Waals surface area (Å²) in [6.07, 6.45) is 4.68. The molecule has 0 heterocycles. The first kappa shape index (κ1) is 65.0. The van der Waals surface area contributed by atoms with Gasteiger partial charge in [-0.2, -0.15) is 0 Å². The summed E-state index contributed by atoms with van der Waals surface area (Å²) < 4.78 is 11.1. The summed E-state index contributed by atoms with van der Waals surface area (Å²) >= 11 is 1.58. The molecular formula is C71H74O12S. The van der Waals surface area contributed by atoms with E-state index in [1.54, 1.807) is 151 Å². The van der Waals surface area contributed by atoms with Crippen LogP contribution >= 0.6 is 11.8 Å². The topological polar surface area (TPSA) is 221 Å². The highest BCUT2D eigenvalue weighted by atomic mass is 32.2. The Bertz CT molecular complexity index is 3350. The summed E-state index contributed by atoms with van der Waals surface area (Å²) in [4.78, 5) is 2.11. The largest absolute Gasteiger partial charge is 0.508 e. The lowest BCUT2D eigenvalue weighted by Gasteiger charge is -2.14. The zero-order valence-corrected chi connectivity index (χ0v) is 47.8. The molecule has 436 valence electrons. The Hall–Kier alpha value is -9.85. The maximum Gasteiger partial charge on any atom is 0.130 e. The minimum absolute atomic E-state index is 0. The number of benzene rings is 10. The van der Waals surface area contributed by atoms with E-state index in [0.29, 0.717) is 34.5 Å². The number of ether oxygens (including phenoxy) is 2. The third-order valence-corrected chi connectivity index (χ3v) is 13.5. The van der Waals surface area contributed by atoms with Gasteiger partial charge in [-0.15, -0.1) is 0 Å². The fourth-order valence-corrected chi connectivity index (χ4v) is 9.01. The quantitative estimate of drug-likeness (QED) is 0.0520. The van der Waals surface area contributed by atoms with Gasteiger partial charge in [0.05, 0.1) is 0 Å². The van der Waals surface area contributed by atoms with Crippen molar-refractivity contribution in [2.75, 3.05) is 0 Å². The van der Waals surface area contributed by atoms with E-state index in [4.69, 9.17) is 45.2 Å². The lowest BCUT2D eigenvalue weighted by atomic mass is 9.93. The van der Waals surface area contributed by atoms with Crippen LogP contribution in [0.1, 0.15) is 73.1 Å². The molecule has 0 radical (unpaired) electrons. The highest BCUT2D eigenvalue weighted by molar-refractivity contribution is 7.99. The predicted molar refractivity (Wildman–Crippen MR) is 336 cm³/mol. The maximum absolute atomic E-state index is 10.2. The van der Waals surface area contributed by atoms with Gasteiger partial charge in [-0.1, -0.05) is 88.3 Å². The number of phenols is 10. The van der Waals surface area contributed by atoms with Gasteiger partial charge in [0.25, 0.3) is 0 Å². The van der Waals surface area contributed by atoms with Crippen LogP contribution in [0.25, 0.3) is 11.1 Å². The molecule has 84 heavy (non-hydrogen) atoms. The second-order valence-corrected chi connectivity index (χ2v) is 20.5. The predicted octanol–water partition coefficient (Wildman–Crippen LogP) is 17.9. The number of hydrogen-bond acceptors (Lipinski definition) is 13. The molecule has 0 amide bonds. The first-order valence-electron chi connectivity index (χ1n) is 26.8. The van der Waals surface area contributed by atoms with Crippen molar-refractivity contribution < 1.29 is 60.5 Å². The van der Waals surface area contributed by atoms with Crippen molar-refractivity contribution in [1.29, 1.82) is 0 Å². The van der Waals surface area contributed by atoms with Gasteiger partial charge in [-0.05, 0) is 260 Å². The molecule has 0 aromatic heterocycles. The van der Waals surface area contributed by atoms with Crippen LogP contribution in [0.3, 0.4) is 0 Å². The van der Waals surface area contributed by atoms with Gasteiger partial charge in [0.2, 0.25) is 0 Å². The molecule has 0 saturated carbocycles. The van der Waals surface area contributed by atoms with Crippen LogP contribution in [0.5, 0.6) is 80.5 Å². The van der Waals surface area contributed by atoms with E-state index in [0.717, 1.165) is 80.8 Å². The Balaban J connectivity index is 0.000000194. The molecule has 0 bridgehead atoms. The van der Waals surface area contributed by atoms with E-state index in [1.807, 2.05) is 75.4 Å². The second-order valence-electron chi connectivity index (χ2n) is 19.3. The van der Waals surface area contributed by atoms with Gasteiger partial charge in [-0.3, -0.25) is 0 Å². The van der Waals surface area contributed by atoms with Gasteiger partial charge < -0.3 is 60.5 Å². The zero-order valence-electron chi connectivity index (χ0n) is 46.9. The molecule has 10 aromatic carbocycles. The smallest absolute Gasteiger partial charge is 0.130 e. The van der Waals surface area contributed by atoms with Gasteiger partial charge in [-0.25, -0.2) is 0 Å². The maximum atomic E-state index is 10.2. The third-order valence-electron chi connectivity index (χ3n) is 12.5. The number of rotatable bonds is 13. The summed E-state index contributed by atoms with van der Waals surface area (Å²) in [5.74, 6) is 5.32. The number of phenolic OH excluding ortho intramolecular Hbond substituents is 10. The molecule has 13 heteroatoms. The van der Waals surface area contributed by atoms with Gasteiger partial charge in [0.1, 0.15) is 80.5 Å². The van der Waals surface area contributed by atoms with Crippen LogP contribution in [0, 0.1) is 20.8 Å². The van der Waals surface area contributed by atoms with Crippen LogP contribution in [0.2, 0.25) is 0 Å². The van der Waals surface area contributed by atoms with Crippen molar-refractivity contribution in [3.8, 4) is 91.6 Å². The fraction of sp³-hybridized carbons (Fsp3) is 0.155. The minimum Gasteiger partial charge on any atom is -0.508 e. The first-order chi connectivity index (χ1) is 39.8.